The highest BCUT2D eigenvalue weighted by Crippen LogP contribution is 2.57. The molecule has 3 aliphatic heterocycles. The summed E-state index contributed by atoms with van der Waals surface area (Å²) in [5, 5.41) is 47.4. The molecule has 6 aromatic heterocycles. The lowest BCUT2D eigenvalue weighted by Crippen LogP contribution is -2.46. The number of hydrogen-bond donors (Lipinski definition) is 7. The summed E-state index contributed by atoms with van der Waals surface area (Å²) in [5.41, 5.74) is -1.45. The van der Waals surface area contributed by atoms with E-state index in [9.17, 15) is 52.4 Å². The number of phosphoric acid groups is 2. The lowest BCUT2D eigenvalue weighted by atomic mass is 9.97. The van der Waals surface area contributed by atoms with Crippen molar-refractivity contribution in [2.75, 3.05) is 96.3 Å². The first kappa shape index (κ1) is 91.0. The second-order valence-corrected chi connectivity index (χ2v) is 29.4. The number of alkyl halides is 6. The topological polar surface area (TPSA) is 549 Å². The van der Waals surface area contributed by atoms with Crippen LogP contribution in [0.5, 0.6) is 17.6 Å². The zero-order valence-electron chi connectivity index (χ0n) is 66.9. The highest BCUT2D eigenvalue weighted by molar-refractivity contribution is 7.48. The van der Waals surface area contributed by atoms with Crippen LogP contribution in [0.15, 0.2) is 19.0 Å². The van der Waals surface area contributed by atoms with Gasteiger partial charge in [0.1, 0.15) is 36.6 Å². The number of nitrogens with two attached hydrogens (primary N) is 1. The minimum Gasteiger partial charge on any atom is -0.476 e. The Morgan fingerprint density at radius 3 is 1.06 bits per heavy atom. The lowest BCUT2D eigenvalue weighted by molar-refractivity contribution is -0.196. The normalized spacial score (nSPS) is 25.4. The molecule has 0 spiro atoms. The van der Waals surface area contributed by atoms with Crippen LogP contribution in [-0.2, 0) is 88.4 Å². The molecule has 8 N–H and O–H groups in total. The van der Waals surface area contributed by atoms with Gasteiger partial charge in [0.15, 0.2) is 70.7 Å². The molecular weight excluding hydrogens is 1620 g/mol. The lowest BCUT2D eigenvalue weighted by Gasteiger charge is -2.26. The summed E-state index contributed by atoms with van der Waals surface area (Å²) < 4.78 is 235. The number of hydrogen-bond acceptors (Lipinski definition) is 42. The minimum absolute atomic E-state index is 0.00783. The Morgan fingerprint density at radius 1 is 0.500 bits per heavy atom. The number of nitrogen functional groups attached to an aromatic ring is 1. The number of phosphoric ester groups is 2. The SMILES string of the molecule is CCOc1nc(N)nc2c1ncn2[C@@H]1O[C@](F)(COP(=O)(OCOC(=O)OC(C)C)OCOC(=O)OC(C)C)[C@@H](F)[C@@]1(C)O.[3H]CCNc1nc(OCC)c2ncn([C@@H]3O[C@](F)(CO)[C@@H](F)[C@@]3(C)O)c2n1.[3H]CCNc1nc(OCC)c2ncn([C@@H]3O[C@](F)(COP(=O)(OCOC(=O)OC(C)C)OCOC(=O)OC(C)C)[C@@H](F)[C@@]3(C)O)c2n1. The molecule has 0 bridgehead atoms. The summed E-state index contributed by atoms with van der Waals surface area (Å²) >= 11 is 0. The Labute approximate surface area is 659 Å². The molecule has 9 heterocycles. The summed E-state index contributed by atoms with van der Waals surface area (Å²) in [6.45, 7) is 12.7. The number of nitrogens with zero attached hydrogens (tertiary/aromatic N) is 12. The van der Waals surface area contributed by atoms with Gasteiger partial charge in [-0.05, 0) is 111 Å². The van der Waals surface area contributed by atoms with E-state index in [1.165, 1.54) is 61.7 Å². The number of aromatic nitrogens is 12. The number of carbonyl (C=O) groups excluding carboxylic acids is 4. The highest BCUT2D eigenvalue weighted by Gasteiger charge is 2.68. The maximum Gasteiger partial charge on any atom is 0.510 e. The molecule has 3 aliphatic rings. The van der Waals surface area contributed by atoms with Crippen molar-refractivity contribution in [3.8, 4) is 17.6 Å². The molecule has 3 saturated heterocycles. The summed E-state index contributed by atoms with van der Waals surface area (Å²) in [4.78, 5) is 83.8. The van der Waals surface area contributed by atoms with Crippen molar-refractivity contribution in [3.05, 3.63) is 19.0 Å². The zero-order valence-corrected chi connectivity index (χ0v) is 66.7. The number of carbonyl (C=O) groups is 4. The van der Waals surface area contributed by atoms with Crippen molar-refractivity contribution in [2.24, 2.45) is 0 Å². The Morgan fingerprint density at radius 2 is 0.784 bits per heavy atom. The quantitative estimate of drug-likeness (QED) is 0.00638. The molecule has 12 atom stereocenters. The van der Waals surface area contributed by atoms with Crippen LogP contribution in [0.4, 0.5) is 63.4 Å². The van der Waals surface area contributed by atoms with Crippen molar-refractivity contribution >= 4 is 91.6 Å². The maximum absolute atomic E-state index is 16.2. The van der Waals surface area contributed by atoms with Gasteiger partial charge in [-0.15, -0.1) is 0 Å². The third kappa shape index (κ3) is 22.9. The number of rotatable bonds is 36. The Balaban J connectivity index is 0.000000253. The van der Waals surface area contributed by atoms with E-state index in [0.717, 1.165) is 47.1 Å². The smallest absolute Gasteiger partial charge is 0.476 e. The van der Waals surface area contributed by atoms with Gasteiger partial charge in [-0.2, -0.15) is 29.9 Å². The van der Waals surface area contributed by atoms with Gasteiger partial charge in [0, 0.05) is 15.8 Å². The second-order valence-electron chi connectivity index (χ2n) is 26.1. The van der Waals surface area contributed by atoms with Crippen LogP contribution < -0.4 is 30.6 Å². The largest absolute Gasteiger partial charge is 0.510 e. The van der Waals surface area contributed by atoms with Gasteiger partial charge in [-0.1, -0.05) is 0 Å². The number of ether oxygens (including phenoxy) is 14. The van der Waals surface area contributed by atoms with Crippen molar-refractivity contribution in [1.82, 2.24) is 58.6 Å². The van der Waals surface area contributed by atoms with Crippen LogP contribution in [0.3, 0.4) is 0 Å². The Hall–Kier alpha value is -8.95. The molecule has 9 rings (SSSR count). The number of aliphatic hydroxyl groups excluding tert-OH is 1. The molecule has 0 aromatic carbocycles. The van der Waals surface area contributed by atoms with Gasteiger partial charge in [0.05, 0.1) is 63.2 Å². The molecule has 116 heavy (non-hydrogen) atoms. The van der Waals surface area contributed by atoms with Crippen molar-refractivity contribution in [2.45, 2.75) is 207 Å². The van der Waals surface area contributed by atoms with Gasteiger partial charge in [0.25, 0.3) is 17.6 Å². The van der Waals surface area contributed by atoms with Gasteiger partial charge < -0.3 is 103 Å². The number of anilines is 3. The van der Waals surface area contributed by atoms with E-state index in [1.807, 2.05) is 0 Å². The molecule has 53 heteroatoms. The molecular formula is C63H93F6N15O30P2. The fraction of sp³-hybridized carbons (Fsp3) is 0.698. The zero-order chi connectivity index (χ0) is 87.7. The summed E-state index contributed by atoms with van der Waals surface area (Å²) in [6.07, 6.45) is -17.2. The average Bonchev–Trinajstić information content (AvgIpc) is 1.59. The second kappa shape index (κ2) is 39.5. The van der Waals surface area contributed by atoms with Crippen LogP contribution in [0.25, 0.3) is 33.5 Å². The predicted molar refractivity (Wildman–Crippen MR) is 379 cm³/mol. The first-order chi connectivity index (χ1) is 55.3. The van der Waals surface area contributed by atoms with E-state index in [2.05, 4.69) is 74.4 Å². The van der Waals surface area contributed by atoms with Gasteiger partial charge in [-0.25, -0.2) is 87.7 Å². The van der Waals surface area contributed by atoms with Crippen LogP contribution >= 0.6 is 15.6 Å². The van der Waals surface area contributed by atoms with E-state index >= 15 is 17.6 Å². The number of halogens is 6. The number of imidazole rings is 3. The van der Waals surface area contributed by atoms with E-state index in [1.54, 1.807) is 20.8 Å². The summed E-state index contributed by atoms with van der Waals surface area (Å²) in [6, 6.07) is 0. The number of nitrogens with one attached hydrogen (secondary N) is 2. The molecule has 0 saturated carbocycles. The molecule has 45 nitrogen and oxygen atoms in total. The first-order valence-corrected chi connectivity index (χ1v) is 37.9. The third-order valence-electron chi connectivity index (χ3n) is 15.4. The molecule has 3 fully saturated rings. The molecule has 0 amide bonds. The monoisotopic (exact) mass is 1720 g/mol. The Bertz CT molecular complexity index is 4400. The van der Waals surface area contributed by atoms with Crippen molar-refractivity contribution < 1.29 is 171 Å². The minimum atomic E-state index is -5.03. The van der Waals surface area contributed by atoms with Crippen LogP contribution in [0.1, 0.15) is 132 Å². The van der Waals surface area contributed by atoms with Crippen LogP contribution in [0, 0.1) is 0 Å². The maximum atomic E-state index is 16.2. The molecule has 652 valence electrons. The fourth-order valence-electron chi connectivity index (χ4n) is 10.4. The number of aliphatic hydroxyl groups is 4. The third-order valence-corrected chi connectivity index (χ3v) is 18.0. The van der Waals surface area contributed by atoms with E-state index in [-0.39, 0.29) is 109 Å². The summed E-state index contributed by atoms with van der Waals surface area (Å²) in [5.74, 6) is -10.1. The Kier molecular flexibility index (Phi) is 31.0. The highest BCUT2D eigenvalue weighted by atomic mass is 31.2. The molecule has 0 aliphatic carbocycles. The van der Waals surface area contributed by atoms with Gasteiger partial charge in [0.2, 0.25) is 62.7 Å². The molecule has 6 aromatic rings. The van der Waals surface area contributed by atoms with Crippen molar-refractivity contribution in [3.63, 3.8) is 0 Å². The number of fused-ring (bicyclic) bond motifs is 3. The molecule has 0 radical (unpaired) electrons. The van der Waals surface area contributed by atoms with Gasteiger partial charge in [-0.3, -0.25) is 22.7 Å². The van der Waals surface area contributed by atoms with Gasteiger partial charge >= 0.3 is 40.3 Å². The fourth-order valence-corrected chi connectivity index (χ4v) is 12.3. The molecule has 0 unspecified atom stereocenters. The van der Waals surface area contributed by atoms with Crippen LogP contribution in [-0.4, -0.2) is 261 Å². The van der Waals surface area contributed by atoms with Crippen molar-refractivity contribution in [1.29, 1.82) is 0 Å². The van der Waals surface area contributed by atoms with Crippen LogP contribution in [0.2, 0.25) is 0 Å². The van der Waals surface area contributed by atoms with E-state index in [0.29, 0.717) is 6.61 Å². The first-order valence-electron chi connectivity index (χ1n) is 36.4. The van der Waals surface area contributed by atoms with E-state index < -0.39 is 183 Å². The van der Waals surface area contributed by atoms with E-state index in [4.69, 9.17) is 88.1 Å². The average molecular weight is 1720 g/mol. The summed E-state index contributed by atoms with van der Waals surface area (Å²) in [7, 11) is -10.0. The standard InChI is InChI=1S/C25H38F2N5O13P.C23H34F2N5O13P.C15H21F2N5O4/c1-8-28-21-30-17-16(18(31-21)37-9-2)29-11-32(17)20-24(7,35)19(26)25(27,45-20)10-40-46(36,41-12-38-22(33)43-14(3)4)42-13-39-23(34)44-15(5)6;1-7-35-16-14-15(28-19(26)29-16)30(9-27-14)18-22(6,33)17(24)23(25,43-18)8-38-44(34,39-10-36-20(31)41-12(2)3)40-11-37-21(32)42-13(4)5;1-4-18-13-20-9-8(10(21-13)25-5-2)19-7-22(9)12-14(3,24)11(16)15(17,6-23)26-12/h11,14-15,19-20,35H,8-10,12-13H2,1-7H3,(H,28,30,31);9,12-13,17-18,33H,7-8,10-11H2,1-6H3,(H2,26,28,29);7,11-12,23-24H,4-6H2,1-3H3,(H,18,20,21)/t19-,20+,24+,25+;17-,18+,22+,23+;11-,12+,14+,15+/m000/s1/i1T;;1T. The predicted octanol–water partition coefficient (Wildman–Crippen LogP) is 8.36.